The van der Waals surface area contributed by atoms with Gasteiger partial charge in [-0.3, -0.25) is 4.79 Å². The van der Waals surface area contributed by atoms with E-state index in [-0.39, 0.29) is 5.91 Å². The Hall–Kier alpha value is -1.49. The second-order valence-corrected chi connectivity index (χ2v) is 4.70. The SMILES string of the molecule is COCCN1CC(Cc2ccnc(C)n2)CC1=O. The van der Waals surface area contributed by atoms with Gasteiger partial charge in [-0.2, -0.15) is 0 Å². The van der Waals surface area contributed by atoms with Gasteiger partial charge in [-0.15, -0.1) is 0 Å². The number of amides is 1. The van der Waals surface area contributed by atoms with E-state index in [2.05, 4.69) is 9.97 Å². The van der Waals surface area contributed by atoms with Crippen LogP contribution in [-0.4, -0.2) is 47.6 Å². The maximum absolute atomic E-state index is 11.8. The fourth-order valence-corrected chi connectivity index (χ4v) is 2.32. The maximum atomic E-state index is 11.8. The van der Waals surface area contributed by atoms with Crippen LogP contribution in [0.5, 0.6) is 0 Å². The van der Waals surface area contributed by atoms with Crippen LogP contribution in [0.1, 0.15) is 17.9 Å². The van der Waals surface area contributed by atoms with Gasteiger partial charge in [0.25, 0.3) is 0 Å². The van der Waals surface area contributed by atoms with Crippen molar-refractivity contribution in [1.29, 1.82) is 0 Å². The highest BCUT2D eigenvalue weighted by atomic mass is 16.5. The first-order chi connectivity index (χ1) is 8.69. The van der Waals surface area contributed by atoms with Crippen molar-refractivity contribution in [3.63, 3.8) is 0 Å². The van der Waals surface area contributed by atoms with E-state index >= 15 is 0 Å². The van der Waals surface area contributed by atoms with Crippen LogP contribution in [0.25, 0.3) is 0 Å². The number of aromatic nitrogens is 2. The fraction of sp³-hybridized carbons (Fsp3) is 0.615. The van der Waals surface area contributed by atoms with E-state index in [1.165, 1.54) is 0 Å². The number of nitrogens with zero attached hydrogens (tertiary/aromatic N) is 3. The van der Waals surface area contributed by atoms with E-state index in [9.17, 15) is 4.79 Å². The first-order valence-electron chi connectivity index (χ1n) is 6.24. The highest BCUT2D eigenvalue weighted by Gasteiger charge is 2.29. The summed E-state index contributed by atoms with van der Waals surface area (Å²) < 4.78 is 5.01. The number of carbonyl (C=O) groups is 1. The van der Waals surface area contributed by atoms with E-state index in [1.54, 1.807) is 13.3 Å². The predicted molar refractivity (Wildman–Crippen MR) is 67.0 cm³/mol. The molecule has 1 aromatic heterocycles. The molecule has 18 heavy (non-hydrogen) atoms. The van der Waals surface area contributed by atoms with Gasteiger partial charge in [-0.1, -0.05) is 0 Å². The van der Waals surface area contributed by atoms with Gasteiger partial charge >= 0.3 is 0 Å². The molecule has 1 atom stereocenters. The summed E-state index contributed by atoms with van der Waals surface area (Å²) >= 11 is 0. The van der Waals surface area contributed by atoms with Gasteiger partial charge in [0, 0.05) is 38.5 Å². The fourth-order valence-electron chi connectivity index (χ4n) is 2.32. The predicted octanol–water partition coefficient (Wildman–Crippen LogP) is 0.822. The van der Waals surface area contributed by atoms with Crippen LogP contribution in [0.4, 0.5) is 0 Å². The summed E-state index contributed by atoms with van der Waals surface area (Å²) in [5.74, 6) is 1.37. The highest BCUT2D eigenvalue weighted by Crippen LogP contribution is 2.20. The lowest BCUT2D eigenvalue weighted by Gasteiger charge is -2.15. The lowest BCUT2D eigenvalue weighted by Crippen LogP contribution is -2.29. The van der Waals surface area contributed by atoms with Crippen LogP contribution < -0.4 is 0 Å². The van der Waals surface area contributed by atoms with Crippen LogP contribution in [0, 0.1) is 12.8 Å². The molecule has 1 aliphatic rings. The first-order valence-corrected chi connectivity index (χ1v) is 6.24. The van der Waals surface area contributed by atoms with Gasteiger partial charge in [0.05, 0.1) is 6.61 Å². The van der Waals surface area contributed by atoms with Crippen LogP contribution in [0.15, 0.2) is 12.3 Å². The first kappa shape index (κ1) is 13.0. The van der Waals surface area contributed by atoms with E-state index in [0.717, 1.165) is 24.5 Å². The van der Waals surface area contributed by atoms with Crippen molar-refractivity contribution in [3.8, 4) is 0 Å². The normalized spacial score (nSPS) is 19.6. The molecule has 1 saturated heterocycles. The Morgan fingerprint density at radius 1 is 1.56 bits per heavy atom. The minimum atomic E-state index is 0.225. The number of aryl methyl sites for hydroxylation is 1. The van der Waals surface area contributed by atoms with Crippen molar-refractivity contribution in [1.82, 2.24) is 14.9 Å². The Bertz CT molecular complexity index is 422. The molecule has 0 spiro atoms. The molecule has 5 nitrogen and oxygen atoms in total. The van der Waals surface area contributed by atoms with Gasteiger partial charge in [0.15, 0.2) is 0 Å². The maximum Gasteiger partial charge on any atom is 0.223 e. The molecule has 1 amide bonds. The number of likely N-dealkylation sites (tertiary alicyclic amines) is 1. The molecule has 0 bridgehead atoms. The molecule has 0 N–H and O–H groups in total. The number of rotatable bonds is 5. The van der Waals surface area contributed by atoms with Crippen molar-refractivity contribution in [2.75, 3.05) is 26.8 Å². The minimum absolute atomic E-state index is 0.225. The number of hydrogen-bond donors (Lipinski definition) is 0. The van der Waals surface area contributed by atoms with E-state index in [1.807, 2.05) is 17.9 Å². The standard InChI is InChI=1S/C13H19N3O2/c1-10-14-4-3-12(15-10)7-11-8-13(17)16(9-11)5-6-18-2/h3-4,11H,5-9H2,1-2H3. The number of ether oxygens (including phenoxy) is 1. The van der Waals surface area contributed by atoms with Crippen molar-refractivity contribution >= 4 is 5.91 Å². The smallest absolute Gasteiger partial charge is 0.223 e. The highest BCUT2D eigenvalue weighted by molar-refractivity contribution is 5.78. The Kier molecular flexibility index (Phi) is 4.25. The molecule has 0 saturated carbocycles. The van der Waals surface area contributed by atoms with Gasteiger partial charge in [0.2, 0.25) is 5.91 Å². The second kappa shape index (κ2) is 5.91. The monoisotopic (exact) mass is 249 g/mol. The van der Waals surface area contributed by atoms with E-state index in [0.29, 0.717) is 25.5 Å². The molecule has 2 rings (SSSR count). The van der Waals surface area contributed by atoms with Gasteiger partial charge in [-0.05, 0) is 25.3 Å². The lowest BCUT2D eigenvalue weighted by atomic mass is 10.0. The summed E-state index contributed by atoms with van der Waals surface area (Å²) in [5, 5.41) is 0. The molecule has 0 radical (unpaired) electrons. The number of hydrogen-bond acceptors (Lipinski definition) is 4. The van der Waals surface area contributed by atoms with Crippen molar-refractivity contribution < 1.29 is 9.53 Å². The molecule has 1 unspecified atom stereocenters. The Morgan fingerprint density at radius 2 is 2.39 bits per heavy atom. The van der Waals surface area contributed by atoms with Gasteiger partial charge in [-0.25, -0.2) is 9.97 Å². The zero-order valence-electron chi connectivity index (χ0n) is 10.9. The molecule has 1 aliphatic heterocycles. The summed E-state index contributed by atoms with van der Waals surface area (Å²) in [6.07, 6.45) is 3.24. The number of carbonyl (C=O) groups excluding carboxylic acids is 1. The molecular weight excluding hydrogens is 230 g/mol. The largest absolute Gasteiger partial charge is 0.383 e. The third-order valence-electron chi connectivity index (χ3n) is 3.19. The zero-order chi connectivity index (χ0) is 13.0. The van der Waals surface area contributed by atoms with Crippen molar-refractivity contribution in [2.45, 2.75) is 19.8 Å². The summed E-state index contributed by atoms with van der Waals surface area (Å²) in [6, 6.07) is 1.93. The summed E-state index contributed by atoms with van der Waals surface area (Å²) in [7, 11) is 1.65. The molecule has 98 valence electrons. The molecule has 0 aliphatic carbocycles. The summed E-state index contributed by atoms with van der Waals surface area (Å²) in [6.45, 7) is 3.99. The average molecular weight is 249 g/mol. The van der Waals surface area contributed by atoms with Crippen LogP contribution >= 0.6 is 0 Å². The molecule has 1 fully saturated rings. The summed E-state index contributed by atoms with van der Waals surface area (Å²) in [5.41, 5.74) is 1.02. The van der Waals surface area contributed by atoms with Crippen LogP contribution in [0.2, 0.25) is 0 Å². The number of methoxy groups -OCH3 is 1. The van der Waals surface area contributed by atoms with Gasteiger partial charge < -0.3 is 9.64 Å². The Morgan fingerprint density at radius 3 is 3.11 bits per heavy atom. The average Bonchev–Trinajstić information content (AvgIpc) is 2.67. The van der Waals surface area contributed by atoms with Crippen molar-refractivity contribution in [2.24, 2.45) is 5.92 Å². The second-order valence-electron chi connectivity index (χ2n) is 4.70. The molecule has 1 aromatic rings. The molecule has 5 heteroatoms. The van der Waals surface area contributed by atoms with Crippen molar-refractivity contribution in [3.05, 3.63) is 23.8 Å². The van der Waals surface area contributed by atoms with E-state index in [4.69, 9.17) is 4.74 Å². The van der Waals surface area contributed by atoms with Crippen LogP contribution in [0.3, 0.4) is 0 Å². The molecule has 2 heterocycles. The van der Waals surface area contributed by atoms with Gasteiger partial charge in [0.1, 0.15) is 5.82 Å². The molecular formula is C13H19N3O2. The topological polar surface area (TPSA) is 55.3 Å². The third kappa shape index (κ3) is 3.26. The van der Waals surface area contributed by atoms with Crippen LogP contribution in [-0.2, 0) is 16.0 Å². The Balaban J connectivity index is 1.90. The zero-order valence-corrected chi connectivity index (χ0v) is 10.9. The minimum Gasteiger partial charge on any atom is -0.383 e. The summed E-state index contributed by atoms with van der Waals surface area (Å²) in [4.78, 5) is 22.1. The third-order valence-corrected chi connectivity index (χ3v) is 3.19. The Labute approximate surface area is 107 Å². The lowest BCUT2D eigenvalue weighted by molar-refractivity contribution is -0.128. The quantitative estimate of drug-likeness (QED) is 0.775. The molecule has 0 aromatic carbocycles. The van der Waals surface area contributed by atoms with E-state index < -0.39 is 0 Å².